The first-order valence-electron chi connectivity index (χ1n) is 9.45. The van der Waals surface area contributed by atoms with Gasteiger partial charge in [0.15, 0.2) is 0 Å². The predicted molar refractivity (Wildman–Crippen MR) is 113 cm³/mol. The summed E-state index contributed by atoms with van der Waals surface area (Å²) in [4.78, 5) is 22.7. The summed E-state index contributed by atoms with van der Waals surface area (Å²) in [5, 5.41) is 15.4. The van der Waals surface area contributed by atoms with E-state index in [0.717, 1.165) is 36.2 Å². The van der Waals surface area contributed by atoms with Crippen LogP contribution in [0.25, 0.3) is 11.0 Å². The monoisotopic (exact) mass is 408 g/mol. The molecule has 0 spiro atoms. The van der Waals surface area contributed by atoms with Crippen molar-refractivity contribution >= 4 is 34.4 Å². The van der Waals surface area contributed by atoms with Crippen LogP contribution < -0.4 is 10.6 Å². The average molecular weight is 409 g/mol. The van der Waals surface area contributed by atoms with Gasteiger partial charge in [0.1, 0.15) is 5.82 Å². The minimum absolute atomic E-state index is 0.0337. The highest BCUT2D eigenvalue weighted by molar-refractivity contribution is 6.31. The number of rotatable bonds is 3. The van der Waals surface area contributed by atoms with Crippen LogP contribution in [-0.4, -0.2) is 40.5 Å². The Morgan fingerprint density at radius 1 is 1.31 bits per heavy atom. The molecule has 1 fully saturated rings. The van der Waals surface area contributed by atoms with E-state index in [2.05, 4.69) is 33.6 Å². The molecule has 0 saturated carbocycles. The molecule has 0 bridgehead atoms. The van der Waals surface area contributed by atoms with Gasteiger partial charge in [0.25, 0.3) is 0 Å². The summed E-state index contributed by atoms with van der Waals surface area (Å²) in [5.41, 5.74) is 3.00. The SMILES string of the molecule is CN1CC[C@@H](NC(=O)Nc2ccc(C#N)cc2)C[C@@H]1c1nc2cc(Cl)ccc2[nH]1. The summed E-state index contributed by atoms with van der Waals surface area (Å²) in [6.45, 7) is 0.851. The van der Waals surface area contributed by atoms with Crippen LogP contribution in [0.5, 0.6) is 0 Å². The summed E-state index contributed by atoms with van der Waals surface area (Å²) >= 11 is 6.07. The molecule has 3 N–H and O–H groups in total. The van der Waals surface area contributed by atoms with Gasteiger partial charge < -0.3 is 15.6 Å². The first-order valence-corrected chi connectivity index (χ1v) is 9.83. The van der Waals surface area contributed by atoms with Crippen molar-refractivity contribution in [3.8, 4) is 6.07 Å². The Hall–Kier alpha value is -3.08. The molecule has 0 unspecified atom stereocenters. The standard InChI is InChI=1S/C21H21ClN6O/c1-28-9-8-16(25-21(29)24-15-5-2-13(12-23)3-6-15)11-19(28)20-26-17-7-4-14(22)10-18(17)27-20/h2-7,10,16,19H,8-9,11H2,1H3,(H,26,27)(H2,24,25,29)/t16-,19-/m1/s1. The van der Waals surface area contributed by atoms with Crippen molar-refractivity contribution < 1.29 is 4.79 Å². The summed E-state index contributed by atoms with van der Waals surface area (Å²) in [6, 6.07) is 14.3. The number of hydrogen-bond donors (Lipinski definition) is 3. The lowest BCUT2D eigenvalue weighted by molar-refractivity contribution is 0.153. The number of nitriles is 1. The molecule has 0 aliphatic carbocycles. The maximum absolute atomic E-state index is 12.4. The van der Waals surface area contributed by atoms with Crippen molar-refractivity contribution in [2.45, 2.75) is 24.9 Å². The fourth-order valence-electron chi connectivity index (χ4n) is 3.67. The van der Waals surface area contributed by atoms with Crippen molar-refractivity contribution in [2.24, 2.45) is 0 Å². The lowest BCUT2D eigenvalue weighted by Gasteiger charge is -2.36. The van der Waals surface area contributed by atoms with Gasteiger partial charge in [0.05, 0.1) is 28.7 Å². The van der Waals surface area contributed by atoms with Crippen molar-refractivity contribution in [3.05, 3.63) is 58.9 Å². The van der Waals surface area contributed by atoms with Gasteiger partial charge >= 0.3 is 6.03 Å². The number of aromatic amines is 1. The Morgan fingerprint density at radius 2 is 2.10 bits per heavy atom. The van der Waals surface area contributed by atoms with Crippen molar-refractivity contribution in [2.75, 3.05) is 18.9 Å². The minimum Gasteiger partial charge on any atom is -0.341 e. The second kappa shape index (κ2) is 8.11. The average Bonchev–Trinajstić information content (AvgIpc) is 3.13. The Labute approximate surface area is 173 Å². The van der Waals surface area contributed by atoms with Crippen LogP contribution in [0.15, 0.2) is 42.5 Å². The predicted octanol–water partition coefficient (Wildman–Crippen LogP) is 4.04. The molecule has 29 heavy (non-hydrogen) atoms. The Bertz CT molecular complexity index is 1070. The quantitative estimate of drug-likeness (QED) is 0.609. The second-order valence-corrected chi connectivity index (χ2v) is 7.73. The highest BCUT2D eigenvalue weighted by atomic mass is 35.5. The fourth-order valence-corrected chi connectivity index (χ4v) is 3.84. The number of imidazole rings is 1. The molecule has 1 saturated heterocycles. The number of aromatic nitrogens is 2. The number of carbonyl (C=O) groups excluding carboxylic acids is 1. The van der Waals surface area contributed by atoms with E-state index < -0.39 is 0 Å². The van der Waals surface area contributed by atoms with E-state index in [-0.39, 0.29) is 18.1 Å². The van der Waals surface area contributed by atoms with Crippen LogP contribution in [0.3, 0.4) is 0 Å². The highest BCUT2D eigenvalue weighted by Gasteiger charge is 2.30. The maximum Gasteiger partial charge on any atom is 0.319 e. The third kappa shape index (κ3) is 4.34. The zero-order valence-electron chi connectivity index (χ0n) is 15.9. The Kier molecular flexibility index (Phi) is 5.38. The molecular formula is C21H21ClN6O. The first kappa shape index (κ1) is 19.2. The molecule has 2 atom stereocenters. The van der Waals surface area contributed by atoms with Crippen LogP contribution in [0.2, 0.25) is 5.02 Å². The van der Waals surface area contributed by atoms with E-state index in [9.17, 15) is 4.79 Å². The summed E-state index contributed by atoms with van der Waals surface area (Å²) < 4.78 is 0. The van der Waals surface area contributed by atoms with E-state index in [0.29, 0.717) is 16.3 Å². The molecule has 8 heteroatoms. The van der Waals surface area contributed by atoms with Gasteiger partial charge in [-0.3, -0.25) is 4.90 Å². The molecule has 1 aliphatic rings. The number of fused-ring (bicyclic) bond motifs is 1. The number of piperidine rings is 1. The number of nitrogens with zero attached hydrogens (tertiary/aromatic N) is 3. The number of halogens is 1. The number of H-pyrrole nitrogens is 1. The van der Waals surface area contributed by atoms with Gasteiger partial charge in [0.2, 0.25) is 0 Å². The van der Waals surface area contributed by atoms with Gasteiger partial charge in [-0.15, -0.1) is 0 Å². The number of anilines is 1. The highest BCUT2D eigenvalue weighted by Crippen LogP contribution is 2.30. The van der Waals surface area contributed by atoms with Gasteiger partial charge in [-0.05, 0) is 62.4 Å². The van der Waals surface area contributed by atoms with Crippen molar-refractivity contribution in [1.82, 2.24) is 20.2 Å². The normalized spacial score (nSPS) is 19.6. The summed E-state index contributed by atoms with van der Waals surface area (Å²) in [7, 11) is 2.07. The molecule has 1 aromatic heterocycles. The lowest BCUT2D eigenvalue weighted by atomic mass is 9.97. The molecule has 2 aromatic carbocycles. The molecule has 0 radical (unpaired) electrons. The number of carbonyl (C=O) groups is 1. The van der Waals surface area contributed by atoms with Crippen LogP contribution in [0.4, 0.5) is 10.5 Å². The molecule has 7 nitrogen and oxygen atoms in total. The van der Waals surface area contributed by atoms with E-state index >= 15 is 0 Å². The van der Waals surface area contributed by atoms with E-state index in [4.69, 9.17) is 21.8 Å². The number of benzene rings is 2. The number of urea groups is 1. The van der Waals surface area contributed by atoms with Gasteiger partial charge in [-0.1, -0.05) is 11.6 Å². The molecule has 148 valence electrons. The second-order valence-electron chi connectivity index (χ2n) is 7.29. The van der Waals surface area contributed by atoms with E-state index in [1.165, 1.54) is 0 Å². The Morgan fingerprint density at radius 3 is 2.86 bits per heavy atom. The van der Waals surface area contributed by atoms with Crippen LogP contribution in [0, 0.1) is 11.3 Å². The number of likely N-dealkylation sites (tertiary alicyclic amines) is 1. The van der Waals surface area contributed by atoms with Gasteiger partial charge in [-0.25, -0.2) is 9.78 Å². The molecule has 2 amide bonds. The van der Waals surface area contributed by atoms with Gasteiger partial charge in [-0.2, -0.15) is 5.26 Å². The van der Waals surface area contributed by atoms with Crippen LogP contribution >= 0.6 is 11.6 Å². The molecular weight excluding hydrogens is 388 g/mol. The third-order valence-electron chi connectivity index (χ3n) is 5.26. The zero-order chi connectivity index (χ0) is 20.4. The van der Waals surface area contributed by atoms with E-state index in [1.54, 1.807) is 24.3 Å². The molecule has 4 rings (SSSR count). The van der Waals surface area contributed by atoms with Crippen molar-refractivity contribution in [3.63, 3.8) is 0 Å². The molecule has 3 aromatic rings. The Balaban J connectivity index is 1.42. The maximum atomic E-state index is 12.4. The number of nitrogens with one attached hydrogen (secondary N) is 3. The summed E-state index contributed by atoms with van der Waals surface area (Å²) in [6.07, 6.45) is 1.62. The minimum atomic E-state index is -0.251. The molecule has 2 heterocycles. The number of hydrogen-bond acceptors (Lipinski definition) is 4. The van der Waals surface area contributed by atoms with Crippen LogP contribution in [-0.2, 0) is 0 Å². The topological polar surface area (TPSA) is 96.8 Å². The largest absolute Gasteiger partial charge is 0.341 e. The first-order chi connectivity index (χ1) is 14.0. The lowest BCUT2D eigenvalue weighted by Crippen LogP contribution is -2.46. The number of amides is 2. The summed E-state index contributed by atoms with van der Waals surface area (Å²) in [5.74, 6) is 0.878. The van der Waals surface area contributed by atoms with Crippen LogP contribution in [0.1, 0.15) is 30.3 Å². The zero-order valence-corrected chi connectivity index (χ0v) is 16.7. The fraction of sp³-hybridized carbons (Fsp3) is 0.286. The van der Waals surface area contributed by atoms with Gasteiger partial charge in [0, 0.05) is 23.3 Å². The molecule has 1 aliphatic heterocycles. The van der Waals surface area contributed by atoms with Crippen molar-refractivity contribution in [1.29, 1.82) is 5.26 Å². The van der Waals surface area contributed by atoms with E-state index in [1.807, 2.05) is 18.2 Å². The third-order valence-corrected chi connectivity index (χ3v) is 5.49. The smallest absolute Gasteiger partial charge is 0.319 e.